The number of rotatable bonds is 3. The van der Waals surface area contributed by atoms with Crippen molar-refractivity contribution in [3.63, 3.8) is 0 Å². The zero-order valence-electron chi connectivity index (χ0n) is 11.0. The van der Waals surface area contributed by atoms with Gasteiger partial charge in [-0.1, -0.05) is 12.1 Å². The summed E-state index contributed by atoms with van der Waals surface area (Å²) in [5, 5.41) is 5.73. The van der Waals surface area contributed by atoms with Crippen LogP contribution in [0.1, 0.15) is 11.1 Å². The summed E-state index contributed by atoms with van der Waals surface area (Å²) in [7, 11) is 1.72. The van der Waals surface area contributed by atoms with E-state index in [0.29, 0.717) is 17.3 Å². The van der Waals surface area contributed by atoms with E-state index in [1.54, 1.807) is 31.3 Å². The van der Waals surface area contributed by atoms with E-state index in [9.17, 15) is 13.2 Å². The predicted molar refractivity (Wildman–Crippen MR) is 73.2 cm³/mol. The van der Waals surface area contributed by atoms with Crippen LogP contribution in [0.4, 0.5) is 30.5 Å². The number of halogens is 3. The van der Waals surface area contributed by atoms with Crippen LogP contribution < -0.4 is 10.6 Å². The van der Waals surface area contributed by atoms with Gasteiger partial charge in [0.15, 0.2) is 0 Å². The van der Waals surface area contributed by atoms with E-state index < -0.39 is 11.7 Å². The van der Waals surface area contributed by atoms with E-state index in [0.717, 1.165) is 6.07 Å². The molecule has 2 N–H and O–H groups in total. The van der Waals surface area contributed by atoms with Gasteiger partial charge in [0.1, 0.15) is 11.6 Å². The highest BCUT2D eigenvalue weighted by molar-refractivity contribution is 5.60. The molecular weight excluding hydrogens is 267 g/mol. The molecule has 0 unspecified atom stereocenters. The van der Waals surface area contributed by atoms with E-state index in [-0.39, 0.29) is 5.56 Å². The monoisotopic (exact) mass is 281 g/mol. The summed E-state index contributed by atoms with van der Waals surface area (Å²) in [5.74, 6) is 1.12. The van der Waals surface area contributed by atoms with Gasteiger partial charge in [-0.3, -0.25) is 0 Å². The van der Waals surface area contributed by atoms with Crippen molar-refractivity contribution in [2.75, 3.05) is 17.7 Å². The van der Waals surface area contributed by atoms with Crippen LogP contribution in [0, 0.1) is 6.92 Å². The van der Waals surface area contributed by atoms with Gasteiger partial charge >= 0.3 is 6.18 Å². The third-order valence-corrected chi connectivity index (χ3v) is 2.82. The molecule has 0 fully saturated rings. The Morgan fingerprint density at radius 1 is 1.05 bits per heavy atom. The molecule has 20 heavy (non-hydrogen) atoms. The summed E-state index contributed by atoms with van der Waals surface area (Å²) >= 11 is 0. The largest absolute Gasteiger partial charge is 0.416 e. The third kappa shape index (κ3) is 3.20. The molecule has 0 amide bonds. The van der Waals surface area contributed by atoms with E-state index >= 15 is 0 Å². The summed E-state index contributed by atoms with van der Waals surface area (Å²) in [4.78, 5) is 4.20. The van der Waals surface area contributed by atoms with Gasteiger partial charge in [0.05, 0.1) is 5.56 Å². The molecule has 0 saturated heterocycles. The van der Waals surface area contributed by atoms with Crippen molar-refractivity contribution in [2.45, 2.75) is 13.1 Å². The maximum absolute atomic E-state index is 12.8. The average molecular weight is 281 g/mol. The number of anilines is 3. The number of pyridine rings is 1. The van der Waals surface area contributed by atoms with Gasteiger partial charge in [0.2, 0.25) is 0 Å². The van der Waals surface area contributed by atoms with Gasteiger partial charge in [-0.05, 0) is 36.8 Å². The van der Waals surface area contributed by atoms with Crippen LogP contribution in [-0.2, 0) is 6.18 Å². The van der Waals surface area contributed by atoms with E-state index in [1.807, 2.05) is 0 Å². The third-order valence-electron chi connectivity index (χ3n) is 2.82. The molecule has 2 rings (SSSR count). The molecule has 6 heteroatoms. The second-order valence-corrected chi connectivity index (χ2v) is 4.31. The van der Waals surface area contributed by atoms with Crippen molar-refractivity contribution < 1.29 is 13.2 Å². The average Bonchev–Trinajstić information content (AvgIpc) is 2.40. The molecule has 1 aromatic carbocycles. The Bertz CT molecular complexity index is 609. The number of benzene rings is 1. The van der Waals surface area contributed by atoms with Crippen molar-refractivity contribution in [1.82, 2.24) is 4.98 Å². The lowest BCUT2D eigenvalue weighted by Crippen LogP contribution is -2.08. The Labute approximate surface area is 114 Å². The van der Waals surface area contributed by atoms with Crippen molar-refractivity contribution in [3.05, 3.63) is 47.5 Å². The molecular formula is C14H14F3N3. The first kappa shape index (κ1) is 14.2. The second-order valence-electron chi connectivity index (χ2n) is 4.31. The summed E-state index contributed by atoms with van der Waals surface area (Å²) in [6, 6.07) is 9.34. The topological polar surface area (TPSA) is 37.0 Å². The quantitative estimate of drug-likeness (QED) is 0.885. The Morgan fingerprint density at radius 2 is 1.75 bits per heavy atom. The molecule has 0 spiro atoms. The number of hydrogen-bond acceptors (Lipinski definition) is 3. The Morgan fingerprint density at radius 3 is 2.40 bits per heavy atom. The van der Waals surface area contributed by atoms with Gasteiger partial charge in [-0.2, -0.15) is 13.2 Å². The van der Waals surface area contributed by atoms with E-state index in [2.05, 4.69) is 15.6 Å². The van der Waals surface area contributed by atoms with Crippen LogP contribution in [0.15, 0.2) is 36.4 Å². The normalized spacial score (nSPS) is 11.2. The van der Waals surface area contributed by atoms with E-state index in [1.165, 1.54) is 13.0 Å². The summed E-state index contributed by atoms with van der Waals surface area (Å²) in [6.07, 6.45) is -4.36. The molecule has 0 aliphatic heterocycles. The first-order valence-electron chi connectivity index (χ1n) is 6.00. The SMILES string of the molecule is CNc1cccc(Nc2ccc(C)c(C(F)(F)F)c2)n1. The number of alkyl halides is 3. The van der Waals surface area contributed by atoms with Gasteiger partial charge in [0, 0.05) is 12.7 Å². The molecule has 0 radical (unpaired) electrons. The van der Waals surface area contributed by atoms with Crippen molar-refractivity contribution in [2.24, 2.45) is 0 Å². The smallest absolute Gasteiger partial charge is 0.373 e. The van der Waals surface area contributed by atoms with Crippen LogP contribution in [-0.4, -0.2) is 12.0 Å². The lowest BCUT2D eigenvalue weighted by molar-refractivity contribution is -0.138. The lowest BCUT2D eigenvalue weighted by atomic mass is 10.1. The Balaban J connectivity index is 2.30. The number of nitrogens with one attached hydrogen (secondary N) is 2. The molecule has 0 aliphatic carbocycles. The fourth-order valence-corrected chi connectivity index (χ4v) is 1.80. The van der Waals surface area contributed by atoms with Crippen LogP contribution in [0.2, 0.25) is 0 Å². The zero-order valence-corrected chi connectivity index (χ0v) is 11.0. The van der Waals surface area contributed by atoms with Gasteiger partial charge in [0.25, 0.3) is 0 Å². The molecule has 1 heterocycles. The molecule has 0 saturated carbocycles. The molecule has 2 aromatic rings. The minimum atomic E-state index is -4.36. The first-order chi connectivity index (χ1) is 9.40. The number of nitrogens with zero attached hydrogens (tertiary/aromatic N) is 1. The zero-order chi connectivity index (χ0) is 14.8. The van der Waals surface area contributed by atoms with Crippen LogP contribution in [0.5, 0.6) is 0 Å². The van der Waals surface area contributed by atoms with Crippen LogP contribution >= 0.6 is 0 Å². The van der Waals surface area contributed by atoms with Crippen molar-refractivity contribution >= 4 is 17.3 Å². The second kappa shape index (κ2) is 5.40. The molecule has 0 aliphatic rings. The highest BCUT2D eigenvalue weighted by Gasteiger charge is 2.32. The fourth-order valence-electron chi connectivity index (χ4n) is 1.80. The van der Waals surface area contributed by atoms with Crippen LogP contribution in [0.25, 0.3) is 0 Å². The maximum atomic E-state index is 12.8. The summed E-state index contributed by atoms with van der Waals surface area (Å²) < 4.78 is 38.5. The molecule has 0 bridgehead atoms. The standard InChI is InChI=1S/C14H14F3N3/c1-9-6-7-10(8-11(9)14(15,16)17)19-13-5-3-4-12(18-2)20-13/h3-8H,1-2H3,(H2,18,19,20). The minimum absolute atomic E-state index is 0.194. The number of aryl methyl sites for hydroxylation is 1. The van der Waals surface area contributed by atoms with Crippen molar-refractivity contribution in [3.8, 4) is 0 Å². The first-order valence-corrected chi connectivity index (χ1v) is 6.00. The van der Waals surface area contributed by atoms with Crippen molar-refractivity contribution in [1.29, 1.82) is 0 Å². The van der Waals surface area contributed by atoms with Crippen LogP contribution in [0.3, 0.4) is 0 Å². The van der Waals surface area contributed by atoms with Gasteiger partial charge < -0.3 is 10.6 Å². The maximum Gasteiger partial charge on any atom is 0.416 e. The molecule has 3 nitrogen and oxygen atoms in total. The highest BCUT2D eigenvalue weighted by Crippen LogP contribution is 2.33. The molecule has 1 aromatic heterocycles. The van der Waals surface area contributed by atoms with E-state index in [4.69, 9.17) is 0 Å². The summed E-state index contributed by atoms with van der Waals surface area (Å²) in [6.45, 7) is 1.44. The highest BCUT2D eigenvalue weighted by atomic mass is 19.4. The molecule has 106 valence electrons. The molecule has 0 atom stereocenters. The number of aromatic nitrogens is 1. The van der Waals surface area contributed by atoms with Gasteiger partial charge in [-0.15, -0.1) is 0 Å². The Hall–Kier alpha value is -2.24. The number of hydrogen-bond donors (Lipinski definition) is 2. The fraction of sp³-hybridized carbons (Fsp3) is 0.214. The predicted octanol–water partition coefficient (Wildman–Crippen LogP) is 4.19. The Kier molecular flexibility index (Phi) is 3.83. The summed E-state index contributed by atoms with van der Waals surface area (Å²) in [5.41, 5.74) is -0.101. The lowest BCUT2D eigenvalue weighted by Gasteiger charge is -2.13. The van der Waals surface area contributed by atoms with Gasteiger partial charge in [-0.25, -0.2) is 4.98 Å². The minimum Gasteiger partial charge on any atom is -0.373 e.